The Hall–Kier alpha value is -2.20. The molecule has 0 aromatic heterocycles. The average molecular weight is 392 g/mol. The predicted molar refractivity (Wildman–Crippen MR) is 90.5 cm³/mol. The van der Waals surface area contributed by atoms with Crippen molar-refractivity contribution in [2.75, 3.05) is 26.4 Å². The minimum Gasteiger partial charge on any atom is -0.481 e. The molecule has 0 bridgehead atoms. The van der Waals surface area contributed by atoms with Crippen molar-refractivity contribution in [3.63, 3.8) is 0 Å². The zero-order chi connectivity index (χ0) is 20.9. The van der Waals surface area contributed by atoms with Gasteiger partial charge in [0.25, 0.3) is 0 Å². The maximum Gasteiger partial charge on any atom is 0.314 e. The van der Waals surface area contributed by atoms with E-state index in [0.29, 0.717) is 6.42 Å². The van der Waals surface area contributed by atoms with Gasteiger partial charge in [-0.1, -0.05) is 6.92 Å². The molecule has 0 rings (SSSR count). The van der Waals surface area contributed by atoms with Crippen molar-refractivity contribution in [1.29, 1.82) is 0 Å². The van der Waals surface area contributed by atoms with E-state index in [1.54, 1.807) is 13.8 Å². The quantitative estimate of drug-likeness (QED) is 0.181. The Balaban J connectivity index is 4.51. The van der Waals surface area contributed by atoms with Crippen molar-refractivity contribution in [1.82, 2.24) is 0 Å². The third-order valence-corrected chi connectivity index (χ3v) is 3.72. The van der Waals surface area contributed by atoms with Gasteiger partial charge in [0.1, 0.15) is 19.1 Å². The molecular formula is C17H28O10. The van der Waals surface area contributed by atoms with Crippen LogP contribution in [0.3, 0.4) is 0 Å². The maximum atomic E-state index is 12.0. The number of carboxylic acid groups (broad SMARTS) is 2. The fraction of sp³-hybridized carbons (Fsp3) is 0.765. The molecule has 0 saturated carbocycles. The molecule has 27 heavy (non-hydrogen) atoms. The molecule has 10 nitrogen and oxygen atoms in total. The van der Waals surface area contributed by atoms with E-state index < -0.39 is 35.2 Å². The molecule has 1 unspecified atom stereocenters. The molecule has 0 aromatic carbocycles. The number of carbonyl (C=O) groups is 4. The van der Waals surface area contributed by atoms with Crippen LogP contribution in [0.4, 0.5) is 0 Å². The maximum absolute atomic E-state index is 12.0. The van der Waals surface area contributed by atoms with Crippen LogP contribution in [0.25, 0.3) is 0 Å². The van der Waals surface area contributed by atoms with Crippen molar-refractivity contribution >= 4 is 23.9 Å². The third-order valence-electron chi connectivity index (χ3n) is 3.72. The van der Waals surface area contributed by atoms with Gasteiger partial charge in [-0.3, -0.25) is 19.2 Å². The molecule has 0 radical (unpaired) electrons. The Morgan fingerprint density at radius 3 is 2.07 bits per heavy atom. The summed E-state index contributed by atoms with van der Waals surface area (Å²) in [4.78, 5) is 54.6. The van der Waals surface area contributed by atoms with E-state index in [9.17, 15) is 19.2 Å². The van der Waals surface area contributed by atoms with E-state index >= 15 is 0 Å². The number of ether oxygens (including phenoxy) is 2. The third kappa shape index (κ3) is 11.9. The molecule has 0 aliphatic heterocycles. The predicted octanol–water partition coefficient (Wildman–Crippen LogP) is 1.41. The highest BCUT2D eigenvalue weighted by molar-refractivity contribution is 5.77. The van der Waals surface area contributed by atoms with Crippen molar-refractivity contribution in [3.05, 3.63) is 0 Å². The number of carboxylic acids is 2. The molecule has 0 aromatic rings. The van der Waals surface area contributed by atoms with E-state index in [4.69, 9.17) is 29.5 Å². The van der Waals surface area contributed by atoms with Gasteiger partial charge >= 0.3 is 23.9 Å². The number of hydrogen-bond donors (Lipinski definition) is 2. The lowest BCUT2D eigenvalue weighted by atomic mass is 9.91. The summed E-state index contributed by atoms with van der Waals surface area (Å²) in [6.45, 7) is 4.32. The number of rotatable bonds is 15. The van der Waals surface area contributed by atoms with Gasteiger partial charge in [-0.2, -0.15) is 0 Å². The molecule has 0 saturated heterocycles. The van der Waals surface area contributed by atoms with Crippen LogP contribution in [-0.4, -0.2) is 60.5 Å². The fourth-order valence-corrected chi connectivity index (χ4v) is 1.53. The van der Waals surface area contributed by atoms with Crippen molar-refractivity contribution in [2.45, 2.75) is 46.5 Å². The summed E-state index contributed by atoms with van der Waals surface area (Å²) in [6.07, 6.45) is 0.326. The van der Waals surface area contributed by atoms with Gasteiger partial charge in [-0.05, 0) is 26.7 Å². The van der Waals surface area contributed by atoms with Gasteiger partial charge in [0, 0.05) is 6.42 Å². The normalized spacial score (nSPS) is 12.3. The average Bonchev–Trinajstić information content (AvgIpc) is 2.59. The highest BCUT2D eigenvalue weighted by atomic mass is 17.2. The summed E-state index contributed by atoms with van der Waals surface area (Å²) < 4.78 is 9.99. The second-order valence-corrected chi connectivity index (χ2v) is 6.45. The SMILES string of the molecule is CCC(C)(C)C(=O)OCC(COOCCCC(=O)O)C(=O)OCCC(=O)O. The summed E-state index contributed by atoms with van der Waals surface area (Å²) >= 11 is 0. The first kappa shape index (κ1) is 24.8. The van der Waals surface area contributed by atoms with Gasteiger partial charge in [-0.25, -0.2) is 9.78 Å². The summed E-state index contributed by atoms with van der Waals surface area (Å²) in [7, 11) is 0. The zero-order valence-corrected chi connectivity index (χ0v) is 15.9. The van der Waals surface area contributed by atoms with Gasteiger partial charge in [0.05, 0.1) is 25.0 Å². The highest BCUT2D eigenvalue weighted by Crippen LogP contribution is 2.22. The number of carbonyl (C=O) groups excluding carboxylic acids is 2. The molecule has 156 valence electrons. The second-order valence-electron chi connectivity index (χ2n) is 6.45. The Kier molecular flexibility index (Phi) is 12.0. The molecule has 1 atom stereocenters. The van der Waals surface area contributed by atoms with Gasteiger partial charge < -0.3 is 19.7 Å². The van der Waals surface area contributed by atoms with E-state index in [1.165, 1.54) is 0 Å². The smallest absolute Gasteiger partial charge is 0.314 e. The van der Waals surface area contributed by atoms with Crippen LogP contribution in [0.15, 0.2) is 0 Å². The summed E-state index contributed by atoms with van der Waals surface area (Å²) in [5.41, 5.74) is -0.716. The van der Waals surface area contributed by atoms with Crippen LogP contribution in [0, 0.1) is 11.3 Å². The summed E-state index contributed by atoms with van der Waals surface area (Å²) in [5.74, 6) is -4.37. The van der Waals surface area contributed by atoms with Crippen molar-refractivity contribution in [3.8, 4) is 0 Å². The lowest BCUT2D eigenvalue weighted by Crippen LogP contribution is -2.33. The van der Waals surface area contributed by atoms with Crippen LogP contribution < -0.4 is 0 Å². The zero-order valence-electron chi connectivity index (χ0n) is 15.9. The first-order chi connectivity index (χ1) is 12.6. The molecular weight excluding hydrogens is 364 g/mol. The summed E-state index contributed by atoms with van der Waals surface area (Å²) in [5, 5.41) is 17.1. The van der Waals surface area contributed by atoms with E-state index in [2.05, 4.69) is 0 Å². The largest absolute Gasteiger partial charge is 0.481 e. The number of hydrogen-bond acceptors (Lipinski definition) is 8. The first-order valence-corrected chi connectivity index (χ1v) is 8.62. The molecule has 0 aliphatic carbocycles. The molecule has 10 heteroatoms. The molecule has 2 N–H and O–H groups in total. The Labute approximate surface area is 157 Å². The minimum absolute atomic E-state index is 0.00966. The minimum atomic E-state index is -1.12. The van der Waals surface area contributed by atoms with Crippen molar-refractivity contribution < 1.29 is 48.6 Å². The number of aliphatic carboxylic acids is 2. The van der Waals surface area contributed by atoms with Crippen LogP contribution >= 0.6 is 0 Å². The Morgan fingerprint density at radius 2 is 1.52 bits per heavy atom. The molecule has 0 amide bonds. The van der Waals surface area contributed by atoms with E-state index in [1.807, 2.05) is 6.92 Å². The molecule has 0 aliphatic rings. The Morgan fingerprint density at radius 1 is 0.889 bits per heavy atom. The van der Waals surface area contributed by atoms with Crippen molar-refractivity contribution in [2.24, 2.45) is 11.3 Å². The van der Waals surface area contributed by atoms with Crippen LogP contribution in [0.2, 0.25) is 0 Å². The van der Waals surface area contributed by atoms with Crippen LogP contribution in [-0.2, 0) is 38.4 Å². The fourth-order valence-electron chi connectivity index (χ4n) is 1.53. The lowest BCUT2D eigenvalue weighted by Gasteiger charge is -2.22. The number of esters is 2. The van der Waals surface area contributed by atoms with E-state index in [-0.39, 0.29) is 45.7 Å². The van der Waals surface area contributed by atoms with E-state index in [0.717, 1.165) is 0 Å². The molecule has 0 fully saturated rings. The standard InChI is InChI=1S/C17H28O10/c1-4-17(2,3)16(23)25-10-12(15(22)24-9-7-14(20)21)11-27-26-8-5-6-13(18)19/h12H,4-11H2,1-3H3,(H,18,19)(H,20,21). The molecule has 0 spiro atoms. The topological polar surface area (TPSA) is 146 Å². The monoisotopic (exact) mass is 392 g/mol. The lowest BCUT2D eigenvalue weighted by molar-refractivity contribution is -0.302. The second kappa shape index (κ2) is 13.0. The highest BCUT2D eigenvalue weighted by Gasteiger charge is 2.30. The summed E-state index contributed by atoms with van der Waals surface area (Å²) in [6, 6.07) is 0. The first-order valence-electron chi connectivity index (χ1n) is 8.62. The van der Waals surface area contributed by atoms with Crippen LogP contribution in [0.5, 0.6) is 0 Å². The molecule has 0 heterocycles. The Bertz CT molecular complexity index is 500. The van der Waals surface area contributed by atoms with Crippen LogP contribution in [0.1, 0.15) is 46.5 Å². The van der Waals surface area contributed by atoms with Gasteiger partial charge in [0.2, 0.25) is 0 Å². The van der Waals surface area contributed by atoms with Gasteiger partial charge in [-0.15, -0.1) is 0 Å². The van der Waals surface area contributed by atoms with Gasteiger partial charge in [0.15, 0.2) is 0 Å².